The van der Waals surface area contributed by atoms with Crippen LogP contribution in [0, 0.1) is 6.92 Å². The highest BCUT2D eigenvalue weighted by Gasteiger charge is 2.21. The van der Waals surface area contributed by atoms with Crippen molar-refractivity contribution in [3.63, 3.8) is 0 Å². The monoisotopic (exact) mass is 335 g/mol. The molecular formula is C21H21NO3. The van der Waals surface area contributed by atoms with Crippen LogP contribution in [0.25, 0.3) is 21.9 Å². The van der Waals surface area contributed by atoms with Crippen LogP contribution in [-0.4, -0.2) is 22.7 Å². The van der Waals surface area contributed by atoms with E-state index >= 15 is 0 Å². The van der Waals surface area contributed by atoms with E-state index in [1.165, 1.54) is 0 Å². The standard InChI is InChI=1S/C21H21NO3/c1-3-4-11-25-21(24)20-19(17-10-9-14(2)12-18(17)23)16-8-6-5-7-15(16)13-22-20/h5-10,12-13,23H,3-4,11H2,1-2H3. The molecule has 4 heteroatoms. The summed E-state index contributed by atoms with van der Waals surface area (Å²) in [5.74, 6) is -0.338. The van der Waals surface area contributed by atoms with Crippen molar-refractivity contribution >= 4 is 16.7 Å². The topological polar surface area (TPSA) is 59.4 Å². The van der Waals surface area contributed by atoms with Gasteiger partial charge in [-0.2, -0.15) is 0 Å². The summed E-state index contributed by atoms with van der Waals surface area (Å²) in [4.78, 5) is 16.9. The first-order chi connectivity index (χ1) is 12.1. The summed E-state index contributed by atoms with van der Waals surface area (Å²) in [7, 11) is 0. The maximum absolute atomic E-state index is 12.6. The first-order valence-corrected chi connectivity index (χ1v) is 8.46. The summed E-state index contributed by atoms with van der Waals surface area (Å²) in [5, 5.41) is 12.2. The lowest BCUT2D eigenvalue weighted by molar-refractivity contribution is 0.0494. The van der Waals surface area contributed by atoms with E-state index < -0.39 is 5.97 Å². The van der Waals surface area contributed by atoms with Gasteiger partial charge in [0.2, 0.25) is 0 Å². The van der Waals surface area contributed by atoms with Crippen molar-refractivity contribution in [1.29, 1.82) is 0 Å². The highest BCUT2D eigenvalue weighted by molar-refractivity contribution is 6.07. The van der Waals surface area contributed by atoms with Crippen LogP contribution in [0.15, 0.2) is 48.7 Å². The quantitative estimate of drug-likeness (QED) is 0.533. The van der Waals surface area contributed by atoms with Gasteiger partial charge in [-0.25, -0.2) is 9.78 Å². The number of esters is 1. The molecule has 0 unspecified atom stereocenters. The molecule has 0 bridgehead atoms. The fourth-order valence-electron chi connectivity index (χ4n) is 2.82. The zero-order valence-corrected chi connectivity index (χ0v) is 14.5. The third kappa shape index (κ3) is 3.48. The Bertz CT molecular complexity index is 918. The summed E-state index contributed by atoms with van der Waals surface area (Å²) in [6, 6.07) is 13.1. The number of aryl methyl sites for hydroxylation is 1. The number of carbonyl (C=O) groups excluding carboxylic acids is 1. The summed E-state index contributed by atoms with van der Waals surface area (Å²) in [6.45, 7) is 4.31. The number of pyridine rings is 1. The molecule has 4 nitrogen and oxygen atoms in total. The normalized spacial score (nSPS) is 10.8. The number of aromatic nitrogens is 1. The van der Waals surface area contributed by atoms with Gasteiger partial charge in [0.15, 0.2) is 5.69 Å². The Morgan fingerprint density at radius 3 is 2.76 bits per heavy atom. The van der Waals surface area contributed by atoms with Gasteiger partial charge in [0.05, 0.1) is 6.61 Å². The third-order valence-corrected chi connectivity index (χ3v) is 4.15. The Balaban J connectivity index is 2.18. The summed E-state index contributed by atoms with van der Waals surface area (Å²) in [6.07, 6.45) is 3.43. The third-order valence-electron chi connectivity index (χ3n) is 4.15. The highest BCUT2D eigenvalue weighted by Crippen LogP contribution is 2.37. The van der Waals surface area contributed by atoms with Crippen molar-refractivity contribution in [3.8, 4) is 16.9 Å². The van der Waals surface area contributed by atoms with Crippen molar-refractivity contribution in [3.05, 3.63) is 59.9 Å². The molecule has 0 amide bonds. The predicted molar refractivity (Wildman–Crippen MR) is 98.8 cm³/mol. The predicted octanol–water partition coefficient (Wildman–Crippen LogP) is 4.87. The Kier molecular flexibility index (Phi) is 4.98. The van der Waals surface area contributed by atoms with Crippen LogP contribution in [0.4, 0.5) is 0 Å². The molecule has 0 saturated carbocycles. The minimum atomic E-state index is -0.464. The SMILES string of the molecule is CCCCOC(=O)c1ncc2ccccc2c1-c1ccc(C)cc1O. The molecule has 0 aliphatic rings. The second kappa shape index (κ2) is 7.34. The highest BCUT2D eigenvalue weighted by atomic mass is 16.5. The van der Waals surface area contributed by atoms with Crippen molar-refractivity contribution in [1.82, 2.24) is 4.98 Å². The number of benzene rings is 2. The van der Waals surface area contributed by atoms with Crippen LogP contribution in [0.5, 0.6) is 5.75 Å². The minimum absolute atomic E-state index is 0.126. The number of hydrogen-bond acceptors (Lipinski definition) is 4. The van der Waals surface area contributed by atoms with E-state index in [0.29, 0.717) is 17.7 Å². The lowest BCUT2D eigenvalue weighted by atomic mass is 9.96. The Labute approximate surface area is 147 Å². The van der Waals surface area contributed by atoms with Gasteiger partial charge in [-0.15, -0.1) is 0 Å². The second-order valence-corrected chi connectivity index (χ2v) is 6.08. The van der Waals surface area contributed by atoms with Gasteiger partial charge in [-0.3, -0.25) is 0 Å². The molecule has 0 aliphatic heterocycles. The summed E-state index contributed by atoms with van der Waals surface area (Å²) < 4.78 is 5.36. The average molecular weight is 335 g/mol. The molecule has 0 spiro atoms. The van der Waals surface area contributed by atoms with Crippen LogP contribution in [-0.2, 0) is 4.74 Å². The number of carbonyl (C=O) groups is 1. The van der Waals surface area contributed by atoms with E-state index in [1.807, 2.05) is 50.2 Å². The molecule has 0 saturated heterocycles. The van der Waals surface area contributed by atoms with E-state index in [4.69, 9.17) is 4.74 Å². The second-order valence-electron chi connectivity index (χ2n) is 6.08. The fourth-order valence-corrected chi connectivity index (χ4v) is 2.82. The van der Waals surface area contributed by atoms with E-state index in [-0.39, 0.29) is 11.4 Å². The molecule has 1 aromatic heterocycles. The molecule has 3 rings (SSSR count). The molecule has 25 heavy (non-hydrogen) atoms. The molecule has 3 aromatic rings. The van der Waals surface area contributed by atoms with Crippen molar-refractivity contribution in [2.45, 2.75) is 26.7 Å². The average Bonchev–Trinajstić information content (AvgIpc) is 2.61. The summed E-state index contributed by atoms with van der Waals surface area (Å²) >= 11 is 0. The lowest BCUT2D eigenvalue weighted by Crippen LogP contribution is -2.10. The van der Waals surface area contributed by atoms with Gasteiger partial charge < -0.3 is 9.84 Å². The lowest BCUT2D eigenvalue weighted by Gasteiger charge is -2.14. The number of unbranched alkanes of at least 4 members (excludes halogenated alkanes) is 1. The molecule has 1 heterocycles. The van der Waals surface area contributed by atoms with E-state index in [2.05, 4.69) is 4.98 Å². The minimum Gasteiger partial charge on any atom is -0.507 e. The van der Waals surface area contributed by atoms with E-state index in [1.54, 1.807) is 12.3 Å². The summed E-state index contributed by atoms with van der Waals surface area (Å²) in [5.41, 5.74) is 2.37. The fraction of sp³-hybridized carbons (Fsp3) is 0.238. The molecule has 0 aliphatic carbocycles. The van der Waals surface area contributed by atoms with Gasteiger partial charge in [0.1, 0.15) is 5.75 Å². The largest absolute Gasteiger partial charge is 0.507 e. The van der Waals surface area contributed by atoms with Gasteiger partial charge in [0.25, 0.3) is 0 Å². The Morgan fingerprint density at radius 2 is 2.00 bits per heavy atom. The number of hydrogen-bond donors (Lipinski definition) is 1. The van der Waals surface area contributed by atoms with Crippen LogP contribution in [0.2, 0.25) is 0 Å². The number of aromatic hydroxyl groups is 1. The molecule has 1 N–H and O–H groups in total. The number of phenolic OH excluding ortho intramolecular Hbond substituents is 1. The van der Waals surface area contributed by atoms with Crippen LogP contribution in [0.3, 0.4) is 0 Å². The van der Waals surface area contributed by atoms with Crippen molar-refractivity contribution in [2.24, 2.45) is 0 Å². The molecule has 2 aromatic carbocycles. The van der Waals surface area contributed by atoms with Gasteiger partial charge in [-0.05, 0) is 30.4 Å². The zero-order valence-electron chi connectivity index (χ0n) is 14.5. The van der Waals surface area contributed by atoms with Crippen LogP contribution >= 0.6 is 0 Å². The van der Waals surface area contributed by atoms with Crippen LogP contribution < -0.4 is 0 Å². The molecule has 128 valence electrons. The molecular weight excluding hydrogens is 314 g/mol. The van der Waals surface area contributed by atoms with Gasteiger partial charge in [0, 0.05) is 22.7 Å². The van der Waals surface area contributed by atoms with E-state index in [9.17, 15) is 9.90 Å². The smallest absolute Gasteiger partial charge is 0.357 e. The van der Waals surface area contributed by atoms with E-state index in [0.717, 1.165) is 29.2 Å². The number of ether oxygens (including phenoxy) is 1. The number of fused-ring (bicyclic) bond motifs is 1. The number of phenols is 1. The Hall–Kier alpha value is -2.88. The van der Waals surface area contributed by atoms with Crippen LogP contribution in [0.1, 0.15) is 35.8 Å². The molecule has 0 fully saturated rings. The van der Waals surface area contributed by atoms with Crippen molar-refractivity contribution < 1.29 is 14.6 Å². The first-order valence-electron chi connectivity index (χ1n) is 8.46. The van der Waals surface area contributed by atoms with Gasteiger partial charge >= 0.3 is 5.97 Å². The number of rotatable bonds is 5. The van der Waals surface area contributed by atoms with Gasteiger partial charge in [-0.1, -0.05) is 49.7 Å². The maximum atomic E-state index is 12.6. The number of nitrogens with zero attached hydrogens (tertiary/aromatic N) is 1. The molecule has 0 atom stereocenters. The zero-order chi connectivity index (χ0) is 17.8. The Morgan fingerprint density at radius 1 is 1.20 bits per heavy atom. The first kappa shape index (κ1) is 17.0. The molecule has 0 radical (unpaired) electrons. The van der Waals surface area contributed by atoms with Crippen molar-refractivity contribution in [2.75, 3.05) is 6.61 Å². The maximum Gasteiger partial charge on any atom is 0.357 e.